The lowest BCUT2D eigenvalue weighted by atomic mass is 9.76. The van der Waals surface area contributed by atoms with E-state index in [-0.39, 0.29) is 73.1 Å². The minimum atomic E-state index is -1.31. The molecule has 0 radical (unpaired) electrons. The first-order valence-electron chi connectivity index (χ1n) is 12.8. The predicted octanol–water partition coefficient (Wildman–Crippen LogP) is 3.89. The van der Waals surface area contributed by atoms with E-state index in [0.717, 1.165) is 0 Å². The fraction of sp³-hybridized carbons (Fsp3) is 0.310. The second-order valence-electron chi connectivity index (χ2n) is 10.2. The molecule has 3 N–H and O–H groups in total. The molecule has 1 aliphatic carbocycles. The van der Waals surface area contributed by atoms with Crippen LogP contribution in [0.1, 0.15) is 45.4 Å². The van der Waals surface area contributed by atoms with E-state index < -0.39 is 47.4 Å². The van der Waals surface area contributed by atoms with Gasteiger partial charge in [0.05, 0.1) is 23.1 Å². The van der Waals surface area contributed by atoms with Crippen LogP contribution in [0.25, 0.3) is 33.1 Å². The topological polar surface area (TPSA) is 157 Å². The van der Waals surface area contributed by atoms with E-state index in [0.29, 0.717) is 5.56 Å². The molecule has 0 saturated carbocycles. The molecule has 1 amide bonds. The first-order chi connectivity index (χ1) is 20.2. The van der Waals surface area contributed by atoms with Gasteiger partial charge in [-0.25, -0.2) is 0 Å². The van der Waals surface area contributed by atoms with Gasteiger partial charge in [0.15, 0.2) is 35.7 Å². The maximum atomic E-state index is 13.9. The Bertz CT molecular complexity index is 1920. The smallest absolute Gasteiger partial charge is 0.259 e. The number of ether oxygens (including phenoxy) is 5. The Balaban J connectivity index is 1.65. The number of rotatable bonds is 3. The Morgan fingerprint density at radius 1 is 1.00 bits per heavy atom. The lowest BCUT2D eigenvalue weighted by Crippen LogP contribution is -2.47. The van der Waals surface area contributed by atoms with E-state index in [9.17, 15) is 24.9 Å². The van der Waals surface area contributed by atoms with E-state index in [4.69, 9.17) is 39.7 Å². The van der Waals surface area contributed by atoms with Crippen LogP contribution in [-0.2, 0) is 14.2 Å². The number of amides is 1. The third kappa shape index (κ3) is 3.21. The second-order valence-corrected chi connectivity index (χ2v) is 10.6. The Kier molecular flexibility index (Phi) is 5.88. The van der Waals surface area contributed by atoms with Gasteiger partial charge in [-0.2, -0.15) is 0 Å². The zero-order valence-corrected chi connectivity index (χ0v) is 23.4. The van der Waals surface area contributed by atoms with Crippen molar-refractivity contribution < 1.29 is 48.2 Å². The van der Waals surface area contributed by atoms with Gasteiger partial charge in [0.2, 0.25) is 5.43 Å². The molecule has 42 heavy (non-hydrogen) atoms. The third-order valence-electron chi connectivity index (χ3n) is 8.29. The van der Waals surface area contributed by atoms with E-state index in [1.54, 1.807) is 0 Å². The van der Waals surface area contributed by atoms with Gasteiger partial charge in [-0.1, -0.05) is 11.6 Å². The highest BCUT2D eigenvalue weighted by Gasteiger charge is 2.48. The normalized spacial score (nSPS) is 22.5. The van der Waals surface area contributed by atoms with E-state index in [2.05, 4.69) is 0 Å². The van der Waals surface area contributed by atoms with Crippen molar-refractivity contribution in [3.05, 3.63) is 55.7 Å². The van der Waals surface area contributed by atoms with Gasteiger partial charge in [0.1, 0.15) is 35.2 Å². The highest BCUT2D eigenvalue weighted by atomic mass is 35.5. The average molecular weight is 598 g/mol. The molecule has 1 aromatic heterocycles. The molecule has 3 heterocycles. The number of phenolic OH excluding ortho intramolecular Hbond substituents is 2. The minimum absolute atomic E-state index is 0.0113. The average Bonchev–Trinajstić information content (AvgIpc) is 2.98. The van der Waals surface area contributed by atoms with Crippen LogP contribution < -0.4 is 14.9 Å². The summed E-state index contributed by atoms with van der Waals surface area (Å²) in [5, 5.41) is 34.7. The van der Waals surface area contributed by atoms with Gasteiger partial charge < -0.3 is 48.3 Å². The number of phenols is 2. The minimum Gasteiger partial charge on any atom is -0.506 e. The van der Waals surface area contributed by atoms with E-state index in [1.165, 1.54) is 51.5 Å². The standard InChI is InChI=1S/C29H24ClNO11/c1-31-28(36)14-10(19(33)29(31)39-4)7-11-13(20(14)34)15-16-25(22(11)37-2)40-8-41-26(16)27-17(21(15)35)18(32)9-5-6-12(30)24(38-3)23(9)42-27/h5-7,19,22,25,29,33-35H,8H2,1-4H3/t19-,22-,25?,29+/m0/s1. The fourth-order valence-corrected chi connectivity index (χ4v) is 6.66. The van der Waals surface area contributed by atoms with Crippen LogP contribution in [0.2, 0.25) is 5.02 Å². The molecular formula is C29H24ClNO11. The summed E-state index contributed by atoms with van der Waals surface area (Å²) in [6.07, 6.45) is -4.10. The van der Waals surface area contributed by atoms with Gasteiger partial charge in [0.25, 0.3) is 5.91 Å². The van der Waals surface area contributed by atoms with Crippen LogP contribution >= 0.6 is 11.6 Å². The molecule has 0 spiro atoms. The van der Waals surface area contributed by atoms with Crippen LogP contribution in [-0.4, -0.2) is 67.5 Å². The van der Waals surface area contributed by atoms with Crippen molar-refractivity contribution in [3.8, 4) is 34.1 Å². The molecule has 13 heteroatoms. The number of likely N-dealkylation sites (N-methyl/N-ethyl adjacent to an activating group) is 1. The van der Waals surface area contributed by atoms with Crippen molar-refractivity contribution in [2.45, 2.75) is 24.5 Å². The molecule has 0 saturated heterocycles. The molecule has 0 fully saturated rings. The van der Waals surface area contributed by atoms with Crippen molar-refractivity contribution in [1.82, 2.24) is 4.90 Å². The third-order valence-corrected chi connectivity index (χ3v) is 8.59. The van der Waals surface area contributed by atoms with Crippen LogP contribution in [0.15, 0.2) is 27.4 Å². The van der Waals surface area contributed by atoms with Gasteiger partial charge in [-0.3, -0.25) is 9.59 Å². The quantitative estimate of drug-likeness (QED) is 0.294. The molecule has 4 atom stereocenters. The Labute approximate surface area is 242 Å². The Hall–Kier alpha value is -4.07. The lowest BCUT2D eigenvalue weighted by molar-refractivity contribution is -0.121. The first kappa shape index (κ1) is 26.8. The molecule has 12 nitrogen and oxygen atoms in total. The number of fused-ring (bicyclic) bond motifs is 6. The number of hydrogen-bond donors (Lipinski definition) is 3. The number of aliphatic hydroxyl groups excluding tert-OH is 1. The van der Waals surface area contributed by atoms with Gasteiger partial charge in [0, 0.05) is 43.5 Å². The van der Waals surface area contributed by atoms with Gasteiger partial charge in [-0.05, 0) is 23.8 Å². The zero-order chi connectivity index (χ0) is 29.8. The first-order valence-corrected chi connectivity index (χ1v) is 13.2. The second kappa shape index (κ2) is 9.21. The largest absolute Gasteiger partial charge is 0.506 e. The van der Waals surface area contributed by atoms with Gasteiger partial charge in [-0.15, -0.1) is 0 Å². The number of hydrogen-bond acceptors (Lipinski definition) is 11. The molecule has 3 aromatic carbocycles. The summed E-state index contributed by atoms with van der Waals surface area (Å²) < 4.78 is 34.6. The number of nitrogens with zero attached hydrogens (tertiary/aromatic N) is 1. The van der Waals surface area contributed by atoms with Crippen molar-refractivity contribution in [3.63, 3.8) is 0 Å². The summed E-state index contributed by atoms with van der Waals surface area (Å²) >= 11 is 6.29. The highest BCUT2D eigenvalue weighted by Crippen LogP contribution is 2.61. The van der Waals surface area contributed by atoms with Crippen LogP contribution in [0.3, 0.4) is 0 Å². The summed E-state index contributed by atoms with van der Waals surface area (Å²) in [5.41, 5.74) is -0.0907. The molecule has 0 bridgehead atoms. The van der Waals surface area contributed by atoms with Crippen molar-refractivity contribution >= 4 is 39.4 Å². The SMILES string of the molecule is COc1c(Cl)ccc2c(=O)c3c(O)c4c5c(c3oc12)OCOC5[C@@H](OC)c1cc2c(c(O)c1-4)C(=O)N(C)[C@H](OC)[C@H]2O. The van der Waals surface area contributed by atoms with Crippen molar-refractivity contribution in [2.75, 3.05) is 35.2 Å². The highest BCUT2D eigenvalue weighted by molar-refractivity contribution is 6.33. The molecule has 3 aliphatic rings. The van der Waals surface area contributed by atoms with Crippen molar-refractivity contribution in [2.24, 2.45) is 0 Å². The van der Waals surface area contributed by atoms with Crippen LogP contribution in [0.5, 0.6) is 23.0 Å². The number of carbonyl (C=O) groups excluding carboxylic acids is 1. The number of aromatic hydroxyl groups is 2. The molecule has 218 valence electrons. The molecule has 4 aromatic rings. The number of halogens is 1. The van der Waals surface area contributed by atoms with Crippen molar-refractivity contribution in [1.29, 1.82) is 0 Å². The lowest BCUT2D eigenvalue weighted by Gasteiger charge is -2.41. The molecule has 7 rings (SSSR count). The number of benzene rings is 3. The Morgan fingerprint density at radius 3 is 2.45 bits per heavy atom. The van der Waals surface area contributed by atoms with Crippen LogP contribution in [0.4, 0.5) is 0 Å². The summed E-state index contributed by atoms with van der Waals surface area (Å²) in [7, 11) is 5.61. The fourth-order valence-electron chi connectivity index (χ4n) is 6.43. The maximum absolute atomic E-state index is 13.9. The maximum Gasteiger partial charge on any atom is 0.259 e. The number of aliphatic hydroxyl groups is 1. The molecule has 2 aliphatic heterocycles. The number of carbonyl (C=O) groups is 1. The molecule has 1 unspecified atom stereocenters. The Morgan fingerprint density at radius 2 is 1.76 bits per heavy atom. The number of methoxy groups -OCH3 is 3. The zero-order valence-electron chi connectivity index (χ0n) is 22.7. The monoisotopic (exact) mass is 597 g/mol. The summed E-state index contributed by atoms with van der Waals surface area (Å²) in [6, 6.07) is 4.46. The summed E-state index contributed by atoms with van der Waals surface area (Å²) in [6.45, 7) is -0.255. The summed E-state index contributed by atoms with van der Waals surface area (Å²) in [4.78, 5) is 28.5. The van der Waals surface area contributed by atoms with Crippen LogP contribution in [0, 0.1) is 0 Å². The van der Waals surface area contributed by atoms with E-state index in [1.807, 2.05) is 0 Å². The van der Waals surface area contributed by atoms with Gasteiger partial charge >= 0.3 is 0 Å². The summed E-state index contributed by atoms with van der Waals surface area (Å²) in [5.74, 6) is -1.45. The predicted molar refractivity (Wildman–Crippen MR) is 147 cm³/mol. The van der Waals surface area contributed by atoms with E-state index >= 15 is 0 Å². The molecular weight excluding hydrogens is 574 g/mol.